The molecule has 4 rings (SSSR count). The number of nitrogens with one attached hydrogen (secondary N) is 1. The number of nitrogen functional groups attached to an aromatic ring is 1. The number of aromatic nitrogens is 4. The third kappa shape index (κ3) is 4.95. The van der Waals surface area contributed by atoms with Crippen LogP contribution in [0, 0.1) is 6.92 Å². The number of aryl methyl sites for hydroxylation is 1. The normalized spacial score (nSPS) is 11.3. The fourth-order valence-corrected chi connectivity index (χ4v) is 3.15. The summed E-state index contributed by atoms with van der Waals surface area (Å²) in [5, 5.41) is 2.62. The van der Waals surface area contributed by atoms with Gasteiger partial charge in [-0.3, -0.25) is 14.8 Å². The second-order valence-electron chi connectivity index (χ2n) is 7.17. The van der Waals surface area contributed by atoms with E-state index >= 15 is 0 Å². The number of anilines is 2. The van der Waals surface area contributed by atoms with E-state index in [-0.39, 0.29) is 5.56 Å². The van der Waals surface area contributed by atoms with Crippen LogP contribution in [0.3, 0.4) is 0 Å². The van der Waals surface area contributed by atoms with Gasteiger partial charge in [-0.2, -0.15) is 13.2 Å². The van der Waals surface area contributed by atoms with E-state index in [2.05, 4.69) is 25.3 Å². The molecule has 0 saturated heterocycles. The van der Waals surface area contributed by atoms with Crippen molar-refractivity contribution < 1.29 is 18.0 Å². The smallest absolute Gasteiger partial charge is 0.384 e. The molecule has 0 bridgehead atoms. The predicted molar refractivity (Wildman–Crippen MR) is 117 cm³/mol. The Bertz CT molecular complexity index is 1340. The van der Waals surface area contributed by atoms with Gasteiger partial charge in [0.1, 0.15) is 11.5 Å². The zero-order chi connectivity index (χ0) is 23.6. The quantitative estimate of drug-likeness (QED) is 0.464. The average Bonchev–Trinajstić information content (AvgIpc) is 2.80. The number of rotatable bonds is 4. The van der Waals surface area contributed by atoms with Crippen molar-refractivity contribution in [3.8, 4) is 22.5 Å². The number of benzene rings is 1. The Morgan fingerprint density at radius 2 is 1.73 bits per heavy atom. The van der Waals surface area contributed by atoms with E-state index in [4.69, 9.17) is 5.73 Å². The van der Waals surface area contributed by atoms with Crippen LogP contribution in [-0.2, 0) is 6.18 Å². The molecular formula is C23H17F3N6O. The van der Waals surface area contributed by atoms with E-state index in [0.29, 0.717) is 34.5 Å². The van der Waals surface area contributed by atoms with Crippen LogP contribution in [0.4, 0.5) is 24.7 Å². The molecule has 166 valence electrons. The number of carbonyl (C=O) groups excluding carboxylic acids is 1. The van der Waals surface area contributed by atoms with Gasteiger partial charge in [0.25, 0.3) is 5.91 Å². The largest absolute Gasteiger partial charge is 0.433 e. The summed E-state index contributed by atoms with van der Waals surface area (Å²) in [6.45, 7) is 1.87. The second kappa shape index (κ2) is 8.65. The van der Waals surface area contributed by atoms with Crippen molar-refractivity contribution in [2.45, 2.75) is 13.1 Å². The molecule has 10 heteroatoms. The standard InChI is InChI=1S/C23H17F3N6O/c1-13-2-3-16(31-22(33)15-5-6-29-20(8-15)23(24,25)26)10-17(13)19-12-28-11-18(32-19)14-4-7-30-21(27)9-14/h2-12H,1H3,(H2,27,30)(H,31,33). The zero-order valence-electron chi connectivity index (χ0n) is 17.3. The summed E-state index contributed by atoms with van der Waals surface area (Å²) < 4.78 is 38.7. The Kier molecular flexibility index (Phi) is 5.74. The SMILES string of the molecule is Cc1ccc(NC(=O)c2ccnc(C(F)(F)F)c2)cc1-c1cncc(-c2ccnc(N)c2)n1. The maximum absolute atomic E-state index is 12.9. The van der Waals surface area contributed by atoms with Crippen molar-refractivity contribution in [1.29, 1.82) is 0 Å². The van der Waals surface area contributed by atoms with Crippen LogP contribution in [0.5, 0.6) is 0 Å². The van der Waals surface area contributed by atoms with Crippen LogP contribution in [0.15, 0.2) is 67.3 Å². The molecule has 0 radical (unpaired) electrons. The highest BCUT2D eigenvalue weighted by Gasteiger charge is 2.33. The van der Waals surface area contributed by atoms with Gasteiger partial charge in [0.2, 0.25) is 0 Å². The summed E-state index contributed by atoms with van der Waals surface area (Å²) in [5.41, 5.74) is 8.32. The van der Waals surface area contributed by atoms with Crippen LogP contribution in [0.2, 0.25) is 0 Å². The molecule has 3 N–H and O–H groups in total. The maximum Gasteiger partial charge on any atom is 0.433 e. The molecule has 33 heavy (non-hydrogen) atoms. The molecule has 7 nitrogen and oxygen atoms in total. The van der Waals surface area contributed by atoms with Crippen molar-refractivity contribution in [1.82, 2.24) is 19.9 Å². The van der Waals surface area contributed by atoms with Crippen LogP contribution < -0.4 is 11.1 Å². The Balaban J connectivity index is 1.63. The lowest BCUT2D eigenvalue weighted by molar-refractivity contribution is -0.141. The van der Waals surface area contributed by atoms with Crippen molar-refractivity contribution in [3.05, 3.63) is 84.1 Å². The monoisotopic (exact) mass is 450 g/mol. The second-order valence-corrected chi connectivity index (χ2v) is 7.17. The lowest BCUT2D eigenvalue weighted by Crippen LogP contribution is -2.15. The number of nitrogens with two attached hydrogens (primary N) is 1. The lowest BCUT2D eigenvalue weighted by atomic mass is 10.0. The van der Waals surface area contributed by atoms with Gasteiger partial charge < -0.3 is 11.1 Å². The number of nitrogens with zero attached hydrogens (tertiary/aromatic N) is 4. The number of carbonyl (C=O) groups is 1. The molecule has 0 fully saturated rings. The number of hydrogen-bond donors (Lipinski definition) is 2. The highest BCUT2D eigenvalue weighted by Crippen LogP contribution is 2.29. The minimum atomic E-state index is -4.64. The molecule has 0 aliphatic rings. The lowest BCUT2D eigenvalue weighted by Gasteiger charge is -2.12. The number of amides is 1. The minimum absolute atomic E-state index is 0.156. The molecular weight excluding hydrogens is 433 g/mol. The van der Waals surface area contributed by atoms with E-state index in [1.165, 1.54) is 6.07 Å². The van der Waals surface area contributed by atoms with E-state index < -0.39 is 17.8 Å². The van der Waals surface area contributed by atoms with Crippen molar-refractivity contribution in [2.75, 3.05) is 11.1 Å². The number of alkyl halides is 3. The highest BCUT2D eigenvalue weighted by atomic mass is 19.4. The molecule has 0 unspecified atom stereocenters. The van der Waals surface area contributed by atoms with Gasteiger partial charge in [0.05, 0.1) is 23.8 Å². The molecule has 3 aromatic heterocycles. The maximum atomic E-state index is 12.9. The van der Waals surface area contributed by atoms with Crippen molar-refractivity contribution in [3.63, 3.8) is 0 Å². The van der Waals surface area contributed by atoms with Crippen LogP contribution >= 0.6 is 0 Å². The zero-order valence-corrected chi connectivity index (χ0v) is 17.3. The third-order valence-corrected chi connectivity index (χ3v) is 4.80. The summed E-state index contributed by atoms with van der Waals surface area (Å²) in [6.07, 6.45) is 1.06. The highest BCUT2D eigenvalue weighted by molar-refractivity contribution is 6.04. The fraction of sp³-hybridized carbons (Fsp3) is 0.0870. The molecule has 0 saturated carbocycles. The van der Waals surface area contributed by atoms with Gasteiger partial charge >= 0.3 is 6.18 Å². The average molecular weight is 450 g/mol. The summed E-state index contributed by atoms with van der Waals surface area (Å²) in [4.78, 5) is 28.7. The van der Waals surface area contributed by atoms with Gasteiger partial charge in [-0.1, -0.05) is 6.07 Å². The predicted octanol–water partition coefficient (Wildman–Crippen LogP) is 4.76. The van der Waals surface area contributed by atoms with Crippen molar-refractivity contribution >= 4 is 17.4 Å². The summed E-state index contributed by atoms with van der Waals surface area (Å²) in [6, 6.07) is 10.5. The van der Waals surface area contributed by atoms with Gasteiger partial charge in [-0.05, 0) is 48.9 Å². The molecule has 0 aliphatic heterocycles. The number of hydrogen-bond acceptors (Lipinski definition) is 6. The Hall–Kier alpha value is -4.34. The van der Waals surface area contributed by atoms with Crippen molar-refractivity contribution in [2.24, 2.45) is 0 Å². The van der Waals surface area contributed by atoms with Crippen LogP contribution in [0.25, 0.3) is 22.5 Å². The van der Waals surface area contributed by atoms with E-state index in [1.54, 1.807) is 48.9 Å². The van der Waals surface area contributed by atoms with Gasteiger partial charge in [0.15, 0.2) is 0 Å². The topological polar surface area (TPSA) is 107 Å². The first kappa shape index (κ1) is 21.9. The van der Waals surface area contributed by atoms with Gasteiger partial charge in [-0.25, -0.2) is 9.97 Å². The van der Waals surface area contributed by atoms with E-state index in [1.807, 2.05) is 6.92 Å². The molecule has 0 spiro atoms. The number of pyridine rings is 2. The molecule has 1 amide bonds. The number of halogens is 3. The van der Waals surface area contributed by atoms with E-state index in [9.17, 15) is 18.0 Å². The third-order valence-electron chi connectivity index (χ3n) is 4.80. The van der Waals surface area contributed by atoms with Crippen LogP contribution in [0.1, 0.15) is 21.6 Å². The molecule has 3 heterocycles. The Labute approximate surface area is 186 Å². The molecule has 4 aromatic rings. The minimum Gasteiger partial charge on any atom is -0.384 e. The molecule has 1 aromatic carbocycles. The summed E-state index contributed by atoms with van der Waals surface area (Å²) in [5.74, 6) is -0.338. The fourth-order valence-electron chi connectivity index (χ4n) is 3.15. The first-order valence-electron chi connectivity index (χ1n) is 9.70. The first-order chi connectivity index (χ1) is 15.7. The van der Waals surface area contributed by atoms with Gasteiger partial charge in [-0.15, -0.1) is 0 Å². The Morgan fingerprint density at radius 1 is 0.970 bits per heavy atom. The molecule has 0 atom stereocenters. The van der Waals surface area contributed by atoms with Gasteiger partial charge in [0, 0.05) is 34.8 Å². The molecule has 0 aliphatic carbocycles. The van der Waals surface area contributed by atoms with Crippen LogP contribution in [-0.4, -0.2) is 25.8 Å². The van der Waals surface area contributed by atoms with E-state index in [0.717, 1.165) is 17.3 Å². The summed E-state index contributed by atoms with van der Waals surface area (Å²) >= 11 is 0. The Morgan fingerprint density at radius 3 is 2.48 bits per heavy atom. The summed E-state index contributed by atoms with van der Waals surface area (Å²) in [7, 11) is 0. The first-order valence-corrected chi connectivity index (χ1v) is 9.70.